The Kier molecular flexibility index (Phi) is 5.24. The van der Waals surface area contributed by atoms with Crippen LogP contribution in [0.2, 0.25) is 0 Å². The molecule has 1 aliphatic rings. The van der Waals surface area contributed by atoms with Crippen molar-refractivity contribution in [3.8, 4) is 0 Å². The zero-order valence-electron chi connectivity index (χ0n) is 10.7. The van der Waals surface area contributed by atoms with Gasteiger partial charge in [-0.15, -0.1) is 12.4 Å². The van der Waals surface area contributed by atoms with Crippen LogP contribution < -0.4 is 5.73 Å². The number of hydrogen-bond donors (Lipinski definition) is 1. The van der Waals surface area contributed by atoms with Crippen LogP contribution in [0.25, 0.3) is 0 Å². The number of likely N-dealkylation sites (tertiary alicyclic amines) is 1. The van der Waals surface area contributed by atoms with Gasteiger partial charge in [-0.1, -0.05) is 6.07 Å². The third-order valence-corrected chi connectivity index (χ3v) is 3.37. The van der Waals surface area contributed by atoms with E-state index in [9.17, 15) is 13.2 Å². The van der Waals surface area contributed by atoms with Crippen LogP contribution in [0.15, 0.2) is 18.2 Å². The van der Waals surface area contributed by atoms with Gasteiger partial charge < -0.3 is 5.73 Å². The molecule has 1 heterocycles. The number of benzene rings is 1. The highest BCUT2D eigenvalue weighted by molar-refractivity contribution is 5.85. The summed E-state index contributed by atoms with van der Waals surface area (Å²) in [6, 6.07) is 4.13. The van der Waals surface area contributed by atoms with Crippen LogP contribution in [0.3, 0.4) is 0 Å². The fourth-order valence-corrected chi connectivity index (χ4v) is 2.30. The first-order valence-corrected chi connectivity index (χ1v) is 6.01. The summed E-state index contributed by atoms with van der Waals surface area (Å²) in [4.78, 5) is 2.18. The van der Waals surface area contributed by atoms with Crippen molar-refractivity contribution >= 4 is 12.4 Å². The predicted octanol–water partition coefficient (Wildman–Crippen LogP) is 2.97. The lowest BCUT2D eigenvalue weighted by Gasteiger charge is -2.17. The molecule has 0 radical (unpaired) electrons. The van der Waals surface area contributed by atoms with E-state index in [1.54, 1.807) is 13.0 Å². The van der Waals surface area contributed by atoms with Crippen LogP contribution in [-0.4, -0.2) is 24.0 Å². The topological polar surface area (TPSA) is 29.3 Å². The molecule has 1 aromatic carbocycles. The quantitative estimate of drug-likeness (QED) is 0.908. The maximum absolute atomic E-state index is 12.5. The summed E-state index contributed by atoms with van der Waals surface area (Å²) < 4.78 is 37.6. The molecule has 0 aliphatic carbocycles. The van der Waals surface area contributed by atoms with E-state index in [2.05, 4.69) is 4.90 Å². The van der Waals surface area contributed by atoms with E-state index in [4.69, 9.17) is 5.73 Å². The van der Waals surface area contributed by atoms with Gasteiger partial charge in [0.2, 0.25) is 0 Å². The lowest BCUT2D eigenvalue weighted by atomic mass is 10.0. The first kappa shape index (κ1) is 16.3. The van der Waals surface area contributed by atoms with Gasteiger partial charge in [-0.25, -0.2) is 0 Å². The van der Waals surface area contributed by atoms with Crippen LogP contribution in [0, 0.1) is 6.92 Å². The molecule has 19 heavy (non-hydrogen) atoms. The van der Waals surface area contributed by atoms with Gasteiger partial charge in [0.05, 0.1) is 5.56 Å². The normalized spacial score (nSPS) is 20.4. The van der Waals surface area contributed by atoms with Crippen molar-refractivity contribution < 1.29 is 13.2 Å². The molecule has 1 aliphatic heterocycles. The van der Waals surface area contributed by atoms with Crippen molar-refractivity contribution in [3.05, 3.63) is 34.9 Å². The first-order chi connectivity index (χ1) is 8.36. The average molecular weight is 295 g/mol. The second-order valence-corrected chi connectivity index (χ2v) is 4.92. The van der Waals surface area contributed by atoms with E-state index >= 15 is 0 Å². The Balaban J connectivity index is 0.00000180. The zero-order valence-corrected chi connectivity index (χ0v) is 11.5. The molecule has 0 spiro atoms. The van der Waals surface area contributed by atoms with Crippen molar-refractivity contribution in [3.63, 3.8) is 0 Å². The molecule has 1 aromatic rings. The fraction of sp³-hybridized carbons (Fsp3) is 0.538. The van der Waals surface area contributed by atoms with Gasteiger partial charge in [-0.2, -0.15) is 13.2 Å². The highest BCUT2D eigenvalue weighted by atomic mass is 35.5. The molecular formula is C13H18ClF3N2. The van der Waals surface area contributed by atoms with Gasteiger partial charge in [0.15, 0.2) is 0 Å². The van der Waals surface area contributed by atoms with Gasteiger partial charge in [-0.05, 0) is 36.6 Å². The Morgan fingerprint density at radius 3 is 2.53 bits per heavy atom. The number of rotatable bonds is 2. The number of nitrogens with zero attached hydrogens (tertiary/aromatic N) is 1. The second-order valence-electron chi connectivity index (χ2n) is 4.92. The Hall–Kier alpha value is -0.780. The van der Waals surface area contributed by atoms with Crippen LogP contribution in [0.1, 0.15) is 23.1 Å². The average Bonchev–Trinajstić information content (AvgIpc) is 2.65. The first-order valence-electron chi connectivity index (χ1n) is 6.01. The summed E-state index contributed by atoms with van der Waals surface area (Å²) in [5.74, 6) is 0. The Morgan fingerprint density at radius 2 is 2.05 bits per heavy atom. The van der Waals surface area contributed by atoms with Crippen LogP contribution >= 0.6 is 12.4 Å². The number of alkyl halides is 3. The van der Waals surface area contributed by atoms with E-state index in [-0.39, 0.29) is 18.4 Å². The number of nitrogens with two attached hydrogens (primary N) is 1. The van der Waals surface area contributed by atoms with Crippen molar-refractivity contribution in [2.24, 2.45) is 5.73 Å². The Bertz CT molecular complexity index is 434. The highest BCUT2D eigenvalue weighted by Gasteiger charge is 2.30. The summed E-state index contributed by atoms with van der Waals surface area (Å²) in [6.45, 7) is 4.14. The number of hydrogen-bond acceptors (Lipinski definition) is 2. The van der Waals surface area contributed by atoms with E-state index in [0.717, 1.165) is 31.1 Å². The predicted molar refractivity (Wildman–Crippen MR) is 71.3 cm³/mol. The largest absolute Gasteiger partial charge is 0.416 e. The molecule has 2 N–H and O–H groups in total. The lowest BCUT2D eigenvalue weighted by Crippen LogP contribution is -2.26. The number of halogens is 4. The maximum Gasteiger partial charge on any atom is 0.416 e. The van der Waals surface area contributed by atoms with Gasteiger partial charge in [0.1, 0.15) is 0 Å². The highest BCUT2D eigenvalue weighted by Crippen LogP contribution is 2.30. The summed E-state index contributed by atoms with van der Waals surface area (Å²) in [7, 11) is 0. The molecule has 0 saturated carbocycles. The lowest BCUT2D eigenvalue weighted by molar-refractivity contribution is -0.137. The molecule has 1 fully saturated rings. The van der Waals surface area contributed by atoms with Gasteiger partial charge in [0, 0.05) is 25.7 Å². The Labute approximate surface area is 117 Å². The SMILES string of the molecule is Cc1cc(C(F)(F)F)ccc1CN1CC[C@H](N)C1.Cl. The smallest absolute Gasteiger partial charge is 0.326 e. The van der Waals surface area contributed by atoms with Crippen molar-refractivity contribution in [2.45, 2.75) is 32.1 Å². The molecule has 2 nitrogen and oxygen atoms in total. The third kappa shape index (κ3) is 4.09. The minimum atomic E-state index is -4.26. The third-order valence-electron chi connectivity index (χ3n) is 3.37. The van der Waals surface area contributed by atoms with E-state index < -0.39 is 11.7 Å². The molecule has 0 aromatic heterocycles. The van der Waals surface area contributed by atoms with Crippen LogP contribution in [0.4, 0.5) is 13.2 Å². The molecule has 2 rings (SSSR count). The summed E-state index contributed by atoms with van der Waals surface area (Å²) in [5.41, 5.74) is 6.85. The van der Waals surface area contributed by atoms with Gasteiger partial charge >= 0.3 is 6.18 Å². The number of aryl methyl sites for hydroxylation is 1. The minimum Gasteiger partial charge on any atom is -0.326 e. The summed E-state index contributed by atoms with van der Waals surface area (Å²) >= 11 is 0. The summed E-state index contributed by atoms with van der Waals surface area (Å²) in [5, 5.41) is 0. The van der Waals surface area contributed by atoms with Crippen LogP contribution in [-0.2, 0) is 12.7 Å². The van der Waals surface area contributed by atoms with E-state index in [1.807, 2.05) is 0 Å². The molecule has 1 saturated heterocycles. The fourth-order valence-electron chi connectivity index (χ4n) is 2.30. The van der Waals surface area contributed by atoms with Gasteiger partial charge in [0.25, 0.3) is 0 Å². The van der Waals surface area contributed by atoms with E-state index in [0.29, 0.717) is 12.1 Å². The monoisotopic (exact) mass is 294 g/mol. The van der Waals surface area contributed by atoms with Crippen molar-refractivity contribution in [1.29, 1.82) is 0 Å². The zero-order chi connectivity index (χ0) is 13.3. The molecule has 108 valence electrons. The van der Waals surface area contributed by atoms with Crippen molar-refractivity contribution in [1.82, 2.24) is 4.90 Å². The molecule has 0 unspecified atom stereocenters. The molecule has 0 bridgehead atoms. The molecule has 0 amide bonds. The van der Waals surface area contributed by atoms with Gasteiger partial charge in [-0.3, -0.25) is 4.90 Å². The van der Waals surface area contributed by atoms with Crippen molar-refractivity contribution in [2.75, 3.05) is 13.1 Å². The standard InChI is InChI=1S/C13H17F3N2.ClH/c1-9-6-11(13(14,15)16)3-2-10(9)7-18-5-4-12(17)8-18;/h2-3,6,12H,4-5,7-8,17H2,1H3;1H/t12-;/m0./s1. The maximum atomic E-state index is 12.5. The Morgan fingerprint density at radius 1 is 1.37 bits per heavy atom. The summed E-state index contributed by atoms with van der Waals surface area (Å²) in [6.07, 6.45) is -3.31. The molecule has 6 heteroatoms. The van der Waals surface area contributed by atoms with E-state index in [1.165, 1.54) is 6.07 Å². The second kappa shape index (κ2) is 6.11. The molecular weight excluding hydrogens is 277 g/mol. The minimum absolute atomic E-state index is 0. The molecule has 1 atom stereocenters. The van der Waals surface area contributed by atoms with Crippen LogP contribution in [0.5, 0.6) is 0 Å².